The Hall–Kier alpha value is -0.950. The number of urea groups is 1. The molecule has 0 aromatic rings. The minimum atomic E-state index is -1.80. The van der Waals surface area contributed by atoms with Gasteiger partial charge in [-0.05, 0) is 13.3 Å². The summed E-state index contributed by atoms with van der Waals surface area (Å²) in [5.41, 5.74) is 5.51. The van der Waals surface area contributed by atoms with Crippen molar-refractivity contribution in [1.29, 1.82) is 0 Å². The summed E-state index contributed by atoms with van der Waals surface area (Å²) in [4.78, 5) is 12.7. The monoisotopic (exact) mass is 234 g/mol. The van der Waals surface area contributed by atoms with Crippen LogP contribution in [0.5, 0.6) is 0 Å². The Morgan fingerprint density at radius 3 is 2.69 bits per heavy atom. The van der Waals surface area contributed by atoms with Crippen molar-refractivity contribution in [3.63, 3.8) is 0 Å². The molecule has 1 unspecified atom stereocenters. The van der Waals surface area contributed by atoms with Crippen molar-refractivity contribution in [3.05, 3.63) is 0 Å². The molecule has 0 aromatic carbocycles. The lowest BCUT2D eigenvalue weighted by Gasteiger charge is -2.35. The summed E-state index contributed by atoms with van der Waals surface area (Å²) in [7, 11) is 0. The Kier molecular flexibility index (Phi) is 2.98. The smallest absolute Gasteiger partial charge is 0.320 e. The molecule has 5 nitrogen and oxygen atoms in total. The first kappa shape index (κ1) is 11.5. The third kappa shape index (κ3) is 1.84. The summed E-state index contributed by atoms with van der Waals surface area (Å²) < 4.78 is 31.9. The summed E-state index contributed by atoms with van der Waals surface area (Å²) in [6.07, 6.45) is -5.39. The lowest BCUT2D eigenvalue weighted by molar-refractivity contribution is -0.0547. The van der Waals surface area contributed by atoms with Crippen LogP contribution in [0.25, 0.3) is 0 Å². The molecular formula is C9H15F2N3O2. The van der Waals surface area contributed by atoms with Crippen LogP contribution in [0.15, 0.2) is 0 Å². The minimum absolute atomic E-state index is 0.275. The van der Waals surface area contributed by atoms with Crippen molar-refractivity contribution in [3.8, 4) is 0 Å². The number of hydrogen-bond acceptors (Lipinski definition) is 3. The molecule has 0 aliphatic carbocycles. The zero-order valence-corrected chi connectivity index (χ0v) is 8.90. The molecular weight excluding hydrogens is 219 g/mol. The van der Waals surface area contributed by atoms with Crippen LogP contribution in [0.1, 0.15) is 13.3 Å². The van der Waals surface area contributed by atoms with Crippen LogP contribution in [-0.2, 0) is 4.74 Å². The predicted molar refractivity (Wildman–Crippen MR) is 52.0 cm³/mol. The van der Waals surface area contributed by atoms with Crippen molar-refractivity contribution in [2.24, 2.45) is 5.73 Å². The van der Waals surface area contributed by atoms with Crippen LogP contribution in [0.3, 0.4) is 0 Å². The number of nitrogens with two attached hydrogens (primary N) is 1. The van der Waals surface area contributed by atoms with E-state index in [0.29, 0.717) is 6.42 Å². The van der Waals surface area contributed by atoms with Crippen molar-refractivity contribution >= 4 is 6.03 Å². The SMILES string of the molecule is C[C@H]1OC(N2CC[C@H](N)NC2=O)[C@@H](F)[C@H]1[18F]. The molecule has 2 saturated heterocycles. The first-order chi connectivity index (χ1) is 7.50. The number of rotatable bonds is 1. The van der Waals surface area contributed by atoms with Gasteiger partial charge in [-0.3, -0.25) is 4.90 Å². The Morgan fingerprint density at radius 2 is 2.19 bits per heavy atom. The largest absolute Gasteiger partial charge is 0.349 e. The number of amides is 2. The molecule has 3 N–H and O–H groups in total. The fraction of sp³-hybridized carbons (Fsp3) is 0.889. The molecule has 2 amide bonds. The van der Waals surface area contributed by atoms with Gasteiger partial charge in [-0.1, -0.05) is 0 Å². The van der Waals surface area contributed by atoms with E-state index in [1.54, 1.807) is 0 Å². The fourth-order valence-corrected chi connectivity index (χ4v) is 1.97. The lowest BCUT2D eigenvalue weighted by Crippen LogP contribution is -2.59. The first-order valence-electron chi connectivity index (χ1n) is 5.27. The number of nitrogens with one attached hydrogen (secondary N) is 1. The number of ether oxygens (including phenoxy) is 1. The molecule has 16 heavy (non-hydrogen) atoms. The number of halogens is 2. The van der Waals surface area contributed by atoms with Gasteiger partial charge in [-0.25, -0.2) is 13.6 Å². The van der Waals surface area contributed by atoms with Crippen LogP contribution >= 0.6 is 0 Å². The molecule has 2 fully saturated rings. The average molecular weight is 234 g/mol. The second-order valence-electron chi connectivity index (χ2n) is 4.16. The average Bonchev–Trinajstić information content (AvgIpc) is 2.46. The quantitative estimate of drug-likeness (QED) is 0.676. The summed E-state index contributed by atoms with van der Waals surface area (Å²) in [6, 6.07) is -0.507. The predicted octanol–water partition coefficient (Wildman–Crippen LogP) is 0.108. The van der Waals surface area contributed by atoms with Crippen molar-refractivity contribution < 1.29 is 18.3 Å². The summed E-state index contributed by atoms with van der Waals surface area (Å²) in [5, 5.41) is 2.45. The summed E-state index contributed by atoms with van der Waals surface area (Å²) in [5.74, 6) is 0. The van der Waals surface area contributed by atoms with Gasteiger partial charge in [0.1, 0.15) is 0 Å². The molecule has 0 saturated carbocycles. The molecule has 0 bridgehead atoms. The molecule has 2 aliphatic heterocycles. The van der Waals surface area contributed by atoms with E-state index in [9.17, 15) is 13.6 Å². The van der Waals surface area contributed by atoms with E-state index in [1.807, 2.05) is 0 Å². The van der Waals surface area contributed by atoms with E-state index in [4.69, 9.17) is 10.5 Å². The molecule has 0 aromatic heterocycles. The number of alkyl halides is 2. The lowest BCUT2D eigenvalue weighted by atomic mass is 10.1. The molecule has 2 rings (SSSR count). The molecule has 0 spiro atoms. The summed E-state index contributed by atoms with van der Waals surface area (Å²) in [6.45, 7) is 1.72. The Labute approximate surface area is 91.9 Å². The zero-order chi connectivity index (χ0) is 11.9. The van der Waals surface area contributed by atoms with Gasteiger partial charge in [0.05, 0.1) is 12.3 Å². The number of hydrogen-bond donors (Lipinski definition) is 2. The van der Waals surface area contributed by atoms with Gasteiger partial charge in [0.25, 0.3) is 0 Å². The number of nitrogens with zero attached hydrogens (tertiary/aromatic N) is 1. The Morgan fingerprint density at radius 1 is 1.50 bits per heavy atom. The van der Waals surface area contributed by atoms with Gasteiger partial charge in [0.2, 0.25) is 0 Å². The van der Waals surface area contributed by atoms with Gasteiger partial charge in [-0.15, -0.1) is 0 Å². The highest BCUT2D eigenvalue weighted by Gasteiger charge is 2.48. The molecule has 92 valence electrons. The van der Waals surface area contributed by atoms with E-state index in [1.165, 1.54) is 6.92 Å². The standard InChI is InChI=1S/C9H15F2N3O2/c1-4-6(10)7(11)8(16-4)14-3-2-5(12)13-9(14)15/h4-8H,2-3,12H2,1H3,(H,13,15)/t4-,5-,6+,7+,8?/m1/s1/i10-1. The van der Waals surface area contributed by atoms with Crippen LogP contribution < -0.4 is 11.1 Å². The van der Waals surface area contributed by atoms with Crippen molar-refractivity contribution in [1.82, 2.24) is 10.2 Å². The van der Waals surface area contributed by atoms with Crippen molar-refractivity contribution in [2.75, 3.05) is 6.54 Å². The topological polar surface area (TPSA) is 67.6 Å². The van der Waals surface area contributed by atoms with E-state index in [0.717, 1.165) is 4.90 Å². The molecule has 5 atom stereocenters. The van der Waals surface area contributed by atoms with Gasteiger partial charge >= 0.3 is 6.03 Å². The number of carbonyl (C=O) groups excluding carboxylic acids is 1. The molecule has 7 heteroatoms. The number of carbonyl (C=O) groups is 1. The molecule has 2 heterocycles. The Balaban J connectivity index is 2.05. The molecule has 0 radical (unpaired) electrons. The molecule has 2 aliphatic rings. The third-order valence-electron chi connectivity index (χ3n) is 2.94. The minimum Gasteiger partial charge on any atom is -0.349 e. The van der Waals surface area contributed by atoms with E-state index >= 15 is 0 Å². The second-order valence-corrected chi connectivity index (χ2v) is 4.16. The fourth-order valence-electron chi connectivity index (χ4n) is 1.97. The van der Waals surface area contributed by atoms with Crippen LogP contribution in [0.4, 0.5) is 13.6 Å². The van der Waals surface area contributed by atoms with Gasteiger partial charge in [0, 0.05) is 6.54 Å². The summed E-state index contributed by atoms with van der Waals surface area (Å²) >= 11 is 0. The normalized spacial score (nSPS) is 44.6. The maximum absolute atomic E-state index is 13.5. The van der Waals surface area contributed by atoms with Gasteiger partial charge in [0.15, 0.2) is 18.6 Å². The first-order valence-corrected chi connectivity index (χ1v) is 5.27. The highest BCUT2D eigenvalue weighted by atomic mass is 19.1. The maximum atomic E-state index is 13.5. The highest BCUT2D eigenvalue weighted by Crippen LogP contribution is 2.29. The van der Waals surface area contributed by atoms with E-state index in [-0.39, 0.29) is 6.54 Å². The van der Waals surface area contributed by atoms with Crippen LogP contribution in [-0.4, -0.2) is 48.3 Å². The van der Waals surface area contributed by atoms with Crippen LogP contribution in [0.2, 0.25) is 0 Å². The van der Waals surface area contributed by atoms with Crippen LogP contribution in [0, 0.1) is 0 Å². The zero-order valence-electron chi connectivity index (χ0n) is 8.90. The van der Waals surface area contributed by atoms with E-state index < -0.39 is 36.9 Å². The maximum Gasteiger partial charge on any atom is 0.320 e. The Bertz CT molecular complexity index is 292. The van der Waals surface area contributed by atoms with Gasteiger partial charge in [-0.2, -0.15) is 0 Å². The third-order valence-corrected chi connectivity index (χ3v) is 2.94. The highest BCUT2D eigenvalue weighted by molar-refractivity contribution is 5.75. The van der Waals surface area contributed by atoms with E-state index in [2.05, 4.69) is 5.32 Å². The van der Waals surface area contributed by atoms with Crippen molar-refractivity contribution in [2.45, 2.75) is 44.2 Å². The van der Waals surface area contributed by atoms with Gasteiger partial charge < -0.3 is 15.8 Å². The second kappa shape index (κ2) is 4.14.